The molecule has 0 aliphatic carbocycles. The second-order valence-electron chi connectivity index (χ2n) is 5.02. The maximum absolute atomic E-state index is 12.1. The van der Waals surface area contributed by atoms with Crippen LogP contribution in [0.1, 0.15) is 26.1 Å². The molecular formula is C15H22N4O. The molecule has 1 unspecified atom stereocenters. The highest BCUT2D eigenvalue weighted by molar-refractivity contribution is 5.81. The maximum Gasteiger partial charge on any atom is 0.240 e. The summed E-state index contributed by atoms with van der Waals surface area (Å²) < 4.78 is 1.96. The molecule has 0 aliphatic heterocycles. The number of aromatic nitrogens is 2. The molecule has 0 spiro atoms. The third-order valence-corrected chi connectivity index (χ3v) is 3.42. The van der Waals surface area contributed by atoms with Crippen LogP contribution >= 0.6 is 0 Å². The summed E-state index contributed by atoms with van der Waals surface area (Å²) in [6, 6.07) is 8.04. The van der Waals surface area contributed by atoms with Crippen LogP contribution in [0.2, 0.25) is 0 Å². The minimum atomic E-state index is 0.0146. The van der Waals surface area contributed by atoms with Gasteiger partial charge in [-0.1, -0.05) is 19.1 Å². The molecule has 1 amide bonds. The summed E-state index contributed by atoms with van der Waals surface area (Å²) in [5.41, 5.74) is 7.52. The summed E-state index contributed by atoms with van der Waals surface area (Å²) in [5.74, 6) is 0.883. The van der Waals surface area contributed by atoms with Crippen molar-refractivity contribution in [1.29, 1.82) is 0 Å². The third-order valence-electron chi connectivity index (χ3n) is 3.42. The van der Waals surface area contributed by atoms with E-state index in [1.54, 1.807) is 0 Å². The molecule has 2 aromatic rings. The lowest BCUT2D eigenvalue weighted by Gasteiger charge is -2.13. The van der Waals surface area contributed by atoms with E-state index in [4.69, 9.17) is 5.73 Å². The number of nitrogens with two attached hydrogens (primary N) is 1. The normalized spacial score (nSPS) is 12.6. The zero-order valence-corrected chi connectivity index (χ0v) is 12.1. The third kappa shape index (κ3) is 3.17. The van der Waals surface area contributed by atoms with Crippen LogP contribution in [0.3, 0.4) is 0 Å². The van der Waals surface area contributed by atoms with Gasteiger partial charge in [-0.15, -0.1) is 0 Å². The standard InChI is InChI=1S/C15H22N4O/c1-3-11(2)17-15(20)10-19-13-7-5-4-6-12(13)18-14(19)8-9-16/h4-7,11H,3,8-10,16H2,1-2H3,(H,17,20). The number of carbonyl (C=O) groups is 1. The van der Waals surface area contributed by atoms with Crippen LogP contribution in [0.25, 0.3) is 11.0 Å². The molecule has 0 radical (unpaired) electrons. The van der Waals surface area contributed by atoms with Crippen molar-refractivity contribution in [2.45, 2.75) is 39.3 Å². The zero-order valence-electron chi connectivity index (χ0n) is 12.1. The van der Waals surface area contributed by atoms with E-state index in [-0.39, 0.29) is 11.9 Å². The van der Waals surface area contributed by atoms with E-state index in [1.165, 1.54) is 0 Å². The second kappa shape index (κ2) is 6.52. The van der Waals surface area contributed by atoms with Crippen LogP contribution in [0.15, 0.2) is 24.3 Å². The molecule has 3 N–H and O–H groups in total. The van der Waals surface area contributed by atoms with Gasteiger partial charge in [0, 0.05) is 12.5 Å². The van der Waals surface area contributed by atoms with Gasteiger partial charge < -0.3 is 15.6 Å². The van der Waals surface area contributed by atoms with E-state index in [9.17, 15) is 4.79 Å². The van der Waals surface area contributed by atoms with Crippen LogP contribution in [-0.2, 0) is 17.8 Å². The van der Waals surface area contributed by atoms with Gasteiger partial charge in [0.2, 0.25) is 5.91 Å². The molecule has 5 heteroatoms. The largest absolute Gasteiger partial charge is 0.352 e. The van der Waals surface area contributed by atoms with E-state index in [1.807, 2.05) is 35.8 Å². The molecule has 1 heterocycles. The predicted molar refractivity (Wildman–Crippen MR) is 80.4 cm³/mol. The molecule has 2 rings (SSSR count). The molecule has 0 aliphatic rings. The Morgan fingerprint density at radius 2 is 2.20 bits per heavy atom. The SMILES string of the molecule is CCC(C)NC(=O)Cn1c(CCN)nc2ccccc21. The van der Waals surface area contributed by atoms with Gasteiger partial charge >= 0.3 is 0 Å². The average molecular weight is 274 g/mol. The number of rotatable bonds is 6. The first-order valence-corrected chi connectivity index (χ1v) is 7.09. The van der Waals surface area contributed by atoms with E-state index in [2.05, 4.69) is 17.2 Å². The van der Waals surface area contributed by atoms with Crippen LogP contribution in [0.5, 0.6) is 0 Å². The van der Waals surface area contributed by atoms with Gasteiger partial charge in [0.05, 0.1) is 11.0 Å². The fraction of sp³-hybridized carbons (Fsp3) is 0.467. The molecule has 1 aromatic heterocycles. The summed E-state index contributed by atoms with van der Waals surface area (Å²) >= 11 is 0. The first-order chi connectivity index (χ1) is 9.65. The molecule has 0 saturated carbocycles. The minimum absolute atomic E-state index is 0.0146. The summed E-state index contributed by atoms with van der Waals surface area (Å²) in [7, 11) is 0. The first kappa shape index (κ1) is 14.5. The number of benzene rings is 1. The zero-order chi connectivity index (χ0) is 14.5. The van der Waals surface area contributed by atoms with Crippen molar-refractivity contribution in [3.05, 3.63) is 30.1 Å². The summed E-state index contributed by atoms with van der Waals surface area (Å²) in [6.45, 7) is 4.87. The first-order valence-electron chi connectivity index (χ1n) is 7.09. The smallest absolute Gasteiger partial charge is 0.240 e. The van der Waals surface area contributed by atoms with E-state index < -0.39 is 0 Å². The Morgan fingerprint density at radius 3 is 2.90 bits per heavy atom. The van der Waals surface area contributed by atoms with Crippen molar-refractivity contribution >= 4 is 16.9 Å². The maximum atomic E-state index is 12.1. The molecule has 0 fully saturated rings. The van der Waals surface area contributed by atoms with Gasteiger partial charge in [-0.3, -0.25) is 4.79 Å². The Bertz CT molecular complexity index is 591. The summed E-state index contributed by atoms with van der Waals surface area (Å²) in [5, 5.41) is 2.98. The van der Waals surface area contributed by atoms with Crippen LogP contribution < -0.4 is 11.1 Å². The fourth-order valence-corrected chi connectivity index (χ4v) is 2.19. The minimum Gasteiger partial charge on any atom is -0.352 e. The van der Waals surface area contributed by atoms with Gasteiger partial charge in [0.25, 0.3) is 0 Å². The highest BCUT2D eigenvalue weighted by Gasteiger charge is 2.13. The number of hydrogen-bond donors (Lipinski definition) is 2. The van der Waals surface area contributed by atoms with Crippen molar-refractivity contribution in [3.8, 4) is 0 Å². The number of carbonyl (C=O) groups excluding carboxylic acids is 1. The average Bonchev–Trinajstić information content (AvgIpc) is 2.77. The lowest BCUT2D eigenvalue weighted by Crippen LogP contribution is -2.35. The van der Waals surface area contributed by atoms with Crippen molar-refractivity contribution in [3.63, 3.8) is 0 Å². The van der Waals surface area contributed by atoms with Crippen molar-refractivity contribution < 1.29 is 4.79 Å². The summed E-state index contributed by atoms with van der Waals surface area (Å²) in [6.07, 6.45) is 1.59. The van der Waals surface area contributed by atoms with Crippen molar-refractivity contribution in [2.75, 3.05) is 6.54 Å². The number of para-hydroxylation sites is 2. The van der Waals surface area contributed by atoms with Crippen molar-refractivity contribution in [2.24, 2.45) is 5.73 Å². The van der Waals surface area contributed by atoms with Gasteiger partial charge in [-0.2, -0.15) is 0 Å². The van der Waals surface area contributed by atoms with Gasteiger partial charge in [-0.25, -0.2) is 4.98 Å². The highest BCUT2D eigenvalue weighted by Crippen LogP contribution is 2.16. The van der Waals surface area contributed by atoms with E-state index >= 15 is 0 Å². The van der Waals surface area contributed by atoms with E-state index in [0.29, 0.717) is 19.5 Å². The van der Waals surface area contributed by atoms with Gasteiger partial charge in [0.1, 0.15) is 12.4 Å². The molecule has 0 saturated heterocycles. The second-order valence-corrected chi connectivity index (χ2v) is 5.02. The van der Waals surface area contributed by atoms with Crippen LogP contribution in [0, 0.1) is 0 Å². The molecule has 1 atom stereocenters. The quantitative estimate of drug-likeness (QED) is 0.837. The topological polar surface area (TPSA) is 72.9 Å². The highest BCUT2D eigenvalue weighted by atomic mass is 16.2. The Hall–Kier alpha value is -1.88. The molecule has 0 bridgehead atoms. The summed E-state index contributed by atoms with van der Waals surface area (Å²) in [4.78, 5) is 16.6. The Balaban J connectivity index is 2.27. The van der Waals surface area contributed by atoms with E-state index in [0.717, 1.165) is 23.3 Å². The molecule has 108 valence electrons. The lowest BCUT2D eigenvalue weighted by atomic mass is 10.2. The number of hydrogen-bond acceptors (Lipinski definition) is 3. The molecular weight excluding hydrogens is 252 g/mol. The van der Waals surface area contributed by atoms with Gasteiger partial charge in [0.15, 0.2) is 0 Å². The number of imidazole rings is 1. The Morgan fingerprint density at radius 1 is 1.45 bits per heavy atom. The number of fused-ring (bicyclic) bond motifs is 1. The predicted octanol–water partition coefficient (Wildman–Crippen LogP) is 1.45. The fourth-order valence-electron chi connectivity index (χ4n) is 2.19. The van der Waals surface area contributed by atoms with Gasteiger partial charge in [-0.05, 0) is 32.0 Å². The molecule has 1 aromatic carbocycles. The number of amides is 1. The monoisotopic (exact) mass is 274 g/mol. The molecule has 5 nitrogen and oxygen atoms in total. The van der Waals surface area contributed by atoms with Crippen LogP contribution in [0.4, 0.5) is 0 Å². The lowest BCUT2D eigenvalue weighted by molar-refractivity contribution is -0.122. The van der Waals surface area contributed by atoms with Crippen LogP contribution in [-0.4, -0.2) is 28.0 Å². The Labute approximate surface area is 119 Å². The number of nitrogens with zero attached hydrogens (tertiary/aromatic N) is 2. The number of nitrogens with one attached hydrogen (secondary N) is 1. The Kier molecular flexibility index (Phi) is 4.74. The molecule has 20 heavy (non-hydrogen) atoms. The van der Waals surface area contributed by atoms with Crippen molar-refractivity contribution in [1.82, 2.24) is 14.9 Å².